The van der Waals surface area contributed by atoms with Crippen molar-refractivity contribution in [3.8, 4) is 0 Å². The van der Waals surface area contributed by atoms with E-state index < -0.39 is 0 Å². The van der Waals surface area contributed by atoms with Gasteiger partial charge in [0.15, 0.2) is 0 Å². The lowest BCUT2D eigenvalue weighted by molar-refractivity contribution is -0.125. The van der Waals surface area contributed by atoms with E-state index in [1.807, 2.05) is 39.0 Å². The smallest absolute Gasteiger partial charge is 0.138 e. The van der Waals surface area contributed by atoms with Crippen LogP contribution in [0.4, 0.5) is 0 Å². The van der Waals surface area contributed by atoms with Crippen LogP contribution in [-0.4, -0.2) is 10.8 Å². The van der Waals surface area contributed by atoms with Crippen LogP contribution < -0.4 is 0 Å². The minimum Gasteiger partial charge on any atom is -0.299 e. The molecule has 76 valence electrons. The molecule has 2 heteroatoms. The molecule has 0 fully saturated rings. The molecule has 0 amide bonds. The second kappa shape index (κ2) is 4.89. The number of Topliss-reactive ketones (excluding diaryl/α,β-unsaturated/α-hetero) is 1. The summed E-state index contributed by atoms with van der Waals surface area (Å²) in [6.07, 6.45) is 2.51. The van der Waals surface area contributed by atoms with E-state index in [2.05, 4.69) is 4.98 Å². The van der Waals surface area contributed by atoms with E-state index in [1.54, 1.807) is 6.20 Å². The van der Waals surface area contributed by atoms with Crippen molar-refractivity contribution in [2.24, 2.45) is 11.8 Å². The van der Waals surface area contributed by atoms with Gasteiger partial charge in [0.2, 0.25) is 0 Å². The second-order valence-electron chi connectivity index (χ2n) is 3.98. The number of carbonyl (C=O) groups is 1. The average molecular weight is 191 g/mol. The zero-order valence-corrected chi connectivity index (χ0v) is 9.03. The summed E-state index contributed by atoms with van der Waals surface area (Å²) in [4.78, 5) is 15.8. The van der Waals surface area contributed by atoms with Crippen LogP contribution in [0.3, 0.4) is 0 Å². The minimum absolute atomic E-state index is 0.0740. The van der Waals surface area contributed by atoms with Crippen molar-refractivity contribution >= 4 is 5.78 Å². The Bertz CT molecular complexity index is 292. The summed E-state index contributed by atoms with van der Waals surface area (Å²) in [5.74, 6) is 0.509. The number of pyridine rings is 1. The molecule has 0 saturated heterocycles. The van der Waals surface area contributed by atoms with Crippen LogP contribution in [0, 0.1) is 11.8 Å². The first-order chi connectivity index (χ1) is 6.61. The fraction of sp³-hybridized carbons (Fsp3) is 0.500. The average Bonchev–Trinajstić information content (AvgIpc) is 2.18. The van der Waals surface area contributed by atoms with Crippen LogP contribution in [-0.2, 0) is 11.2 Å². The molecule has 0 N–H and O–H groups in total. The topological polar surface area (TPSA) is 30.0 Å². The number of carbonyl (C=O) groups excluding carboxylic acids is 1. The minimum atomic E-state index is 0.0740. The van der Waals surface area contributed by atoms with Gasteiger partial charge in [-0.3, -0.25) is 9.78 Å². The third-order valence-electron chi connectivity index (χ3n) is 2.30. The highest BCUT2D eigenvalue weighted by Crippen LogP contribution is 2.11. The highest BCUT2D eigenvalue weighted by atomic mass is 16.1. The van der Waals surface area contributed by atoms with E-state index in [-0.39, 0.29) is 11.8 Å². The van der Waals surface area contributed by atoms with Crippen molar-refractivity contribution in [1.29, 1.82) is 0 Å². The second-order valence-corrected chi connectivity index (χ2v) is 3.98. The highest BCUT2D eigenvalue weighted by Gasteiger charge is 2.16. The summed E-state index contributed by atoms with van der Waals surface area (Å²) >= 11 is 0. The maximum atomic E-state index is 11.6. The maximum Gasteiger partial charge on any atom is 0.138 e. The van der Waals surface area contributed by atoms with Crippen molar-refractivity contribution in [1.82, 2.24) is 4.98 Å². The molecule has 2 nitrogen and oxygen atoms in total. The lowest BCUT2D eigenvalue weighted by Gasteiger charge is -2.11. The molecule has 0 aliphatic rings. The van der Waals surface area contributed by atoms with Gasteiger partial charge in [-0.1, -0.05) is 26.8 Å². The van der Waals surface area contributed by atoms with Gasteiger partial charge in [0.25, 0.3) is 0 Å². The maximum absolute atomic E-state index is 11.6. The molecule has 1 heterocycles. The molecule has 1 unspecified atom stereocenters. The molecule has 0 radical (unpaired) electrons. The standard InChI is InChI=1S/C12H17NO/c1-9(2)12(14)10(3)8-11-6-4-5-7-13-11/h4-7,9-10H,8H2,1-3H3. The van der Waals surface area contributed by atoms with Gasteiger partial charge in [-0.25, -0.2) is 0 Å². The fourth-order valence-corrected chi connectivity index (χ4v) is 1.50. The molecule has 0 spiro atoms. The third kappa shape index (κ3) is 2.95. The molecular formula is C12H17NO. The highest BCUT2D eigenvalue weighted by molar-refractivity contribution is 5.82. The number of hydrogen-bond donors (Lipinski definition) is 0. The van der Waals surface area contributed by atoms with E-state index >= 15 is 0 Å². The van der Waals surface area contributed by atoms with Gasteiger partial charge in [-0.15, -0.1) is 0 Å². The van der Waals surface area contributed by atoms with Crippen molar-refractivity contribution < 1.29 is 4.79 Å². The Labute approximate surface area is 85.4 Å². The lowest BCUT2D eigenvalue weighted by Crippen LogP contribution is -2.19. The lowest BCUT2D eigenvalue weighted by atomic mass is 9.93. The van der Waals surface area contributed by atoms with Crippen LogP contribution in [0.2, 0.25) is 0 Å². The molecule has 0 aliphatic heterocycles. The normalized spacial score (nSPS) is 12.9. The van der Waals surface area contributed by atoms with E-state index in [1.165, 1.54) is 0 Å². The summed E-state index contributed by atoms with van der Waals surface area (Å²) in [7, 11) is 0. The van der Waals surface area contributed by atoms with E-state index in [0.717, 1.165) is 12.1 Å². The van der Waals surface area contributed by atoms with Crippen molar-refractivity contribution in [3.05, 3.63) is 30.1 Å². The van der Waals surface area contributed by atoms with Crippen LogP contribution in [0.5, 0.6) is 0 Å². The number of rotatable bonds is 4. The van der Waals surface area contributed by atoms with Gasteiger partial charge in [0, 0.05) is 23.7 Å². The summed E-state index contributed by atoms with van der Waals surface area (Å²) in [5.41, 5.74) is 0.994. The Morgan fingerprint density at radius 2 is 2.07 bits per heavy atom. The summed E-state index contributed by atoms with van der Waals surface area (Å²) in [5, 5.41) is 0. The van der Waals surface area contributed by atoms with Gasteiger partial charge >= 0.3 is 0 Å². The van der Waals surface area contributed by atoms with Crippen LogP contribution in [0.25, 0.3) is 0 Å². The quantitative estimate of drug-likeness (QED) is 0.731. The van der Waals surface area contributed by atoms with Crippen molar-refractivity contribution in [3.63, 3.8) is 0 Å². The predicted molar refractivity (Wildman–Crippen MR) is 57.0 cm³/mol. The van der Waals surface area contributed by atoms with Crippen molar-refractivity contribution in [2.45, 2.75) is 27.2 Å². The summed E-state index contributed by atoms with van der Waals surface area (Å²) < 4.78 is 0. The zero-order chi connectivity index (χ0) is 10.6. The van der Waals surface area contributed by atoms with Gasteiger partial charge in [-0.2, -0.15) is 0 Å². The zero-order valence-electron chi connectivity index (χ0n) is 9.03. The van der Waals surface area contributed by atoms with Gasteiger partial charge in [0.1, 0.15) is 5.78 Å². The van der Waals surface area contributed by atoms with Gasteiger partial charge < -0.3 is 0 Å². The van der Waals surface area contributed by atoms with E-state index in [9.17, 15) is 4.79 Å². The molecule has 0 bridgehead atoms. The number of hydrogen-bond acceptors (Lipinski definition) is 2. The van der Waals surface area contributed by atoms with Gasteiger partial charge in [-0.05, 0) is 18.6 Å². The molecule has 1 aromatic heterocycles. The summed E-state index contributed by atoms with van der Waals surface area (Å²) in [6, 6.07) is 5.80. The molecule has 14 heavy (non-hydrogen) atoms. The number of aromatic nitrogens is 1. The van der Waals surface area contributed by atoms with E-state index in [4.69, 9.17) is 0 Å². The fourth-order valence-electron chi connectivity index (χ4n) is 1.50. The van der Waals surface area contributed by atoms with Crippen LogP contribution in [0.15, 0.2) is 24.4 Å². The Kier molecular flexibility index (Phi) is 3.81. The van der Waals surface area contributed by atoms with Crippen LogP contribution >= 0.6 is 0 Å². The number of ketones is 1. The molecule has 0 aromatic carbocycles. The Morgan fingerprint density at radius 3 is 2.57 bits per heavy atom. The first-order valence-electron chi connectivity index (χ1n) is 5.05. The van der Waals surface area contributed by atoms with Crippen molar-refractivity contribution in [2.75, 3.05) is 0 Å². The monoisotopic (exact) mass is 191 g/mol. The molecular weight excluding hydrogens is 174 g/mol. The van der Waals surface area contributed by atoms with Gasteiger partial charge in [0.05, 0.1) is 0 Å². The molecule has 1 atom stereocenters. The predicted octanol–water partition coefficient (Wildman–Crippen LogP) is 2.49. The van der Waals surface area contributed by atoms with Crippen LogP contribution in [0.1, 0.15) is 26.5 Å². The molecule has 0 saturated carbocycles. The Balaban J connectivity index is 2.57. The Hall–Kier alpha value is -1.18. The van der Waals surface area contributed by atoms with E-state index in [0.29, 0.717) is 5.78 Å². The summed E-state index contributed by atoms with van der Waals surface area (Å²) in [6.45, 7) is 5.85. The first kappa shape index (κ1) is 10.9. The first-order valence-corrected chi connectivity index (χ1v) is 5.05. The Morgan fingerprint density at radius 1 is 1.36 bits per heavy atom. The third-order valence-corrected chi connectivity index (χ3v) is 2.30. The largest absolute Gasteiger partial charge is 0.299 e. The molecule has 1 aromatic rings. The SMILES string of the molecule is CC(C)C(=O)C(C)Cc1ccccn1. The molecule has 0 aliphatic carbocycles. The molecule has 1 rings (SSSR count). The number of nitrogens with zero attached hydrogens (tertiary/aromatic N) is 1.